The zero-order chi connectivity index (χ0) is 22.7. The minimum atomic E-state index is 0.115. The van der Waals surface area contributed by atoms with Crippen LogP contribution < -0.4 is 19.9 Å². The molecular weight excluding hydrogens is 406 g/mol. The lowest BCUT2D eigenvalue weighted by Crippen LogP contribution is -2.39. The molecule has 0 unspecified atom stereocenters. The highest BCUT2D eigenvalue weighted by Gasteiger charge is 2.27. The Hall–Kier alpha value is -3.48. The van der Waals surface area contributed by atoms with Crippen LogP contribution in [-0.4, -0.2) is 50.2 Å². The molecule has 7 nitrogen and oxygen atoms in total. The summed E-state index contributed by atoms with van der Waals surface area (Å²) in [5, 5.41) is 0.910. The summed E-state index contributed by atoms with van der Waals surface area (Å²) in [6.45, 7) is 1.37. The van der Waals surface area contributed by atoms with E-state index in [-0.39, 0.29) is 11.8 Å². The topological polar surface area (TPSA) is 86.9 Å². The number of nitrogens with two attached hydrogens (primary N) is 1. The minimum Gasteiger partial charge on any atom is -0.496 e. The number of carbonyl (C=O) groups is 1. The Kier molecular flexibility index (Phi) is 6.35. The van der Waals surface area contributed by atoms with Crippen molar-refractivity contribution < 1.29 is 19.0 Å². The van der Waals surface area contributed by atoms with Crippen LogP contribution in [0.3, 0.4) is 0 Å². The molecule has 1 saturated heterocycles. The second-order valence-electron chi connectivity index (χ2n) is 8.01. The molecule has 3 aromatic rings. The highest BCUT2D eigenvalue weighted by molar-refractivity contribution is 5.86. The zero-order valence-electron chi connectivity index (χ0n) is 18.8. The molecule has 1 aliphatic rings. The number of pyridine rings is 1. The van der Waals surface area contributed by atoms with E-state index in [9.17, 15) is 4.79 Å². The number of benzene rings is 2. The lowest BCUT2D eigenvalue weighted by atomic mass is 9.91. The largest absolute Gasteiger partial charge is 0.496 e. The number of ether oxygens (including phenoxy) is 3. The average Bonchev–Trinajstić information content (AvgIpc) is 2.83. The Labute approximate surface area is 188 Å². The summed E-state index contributed by atoms with van der Waals surface area (Å²) in [5.41, 5.74) is 9.67. The van der Waals surface area contributed by atoms with Crippen molar-refractivity contribution >= 4 is 22.5 Å². The van der Waals surface area contributed by atoms with E-state index >= 15 is 0 Å². The Bertz CT molecular complexity index is 1120. The molecule has 0 atom stereocenters. The normalized spacial score (nSPS) is 14.4. The lowest BCUT2D eigenvalue weighted by Gasteiger charge is -2.32. The summed E-state index contributed by atoms with van der Waals surface area (Å²) >= 11 is 0. The highest BCUT2D eigenvalue weighted by atomic mass is 16.5. The molecule has 0 bridgehead atoms. The number of rotatable bonds is 6. The van der Waals surface area contributed by atoms with Gasteiger partial charge in [0.1, 0.15) is 5.75 Å². The van der Waals surface area contributed by atoms with Crippen molar-refractivity contribution in [2.45, 2.75) is 25.2 Å². The van der Waals surface area contributed by atoms with E-state index < -0.39 is 0 Å². The van der Waals surface area contributed by atoms with Gasteiger partial charge in [-0.15, -0.1) is 0 Å². The number of likely N-dealkylation sites (tertiary alicyclic amines) is 1. The van der Waals surface area contributed by atoms with Crippen LogP contribution >= 0.6 is 0 Å². The number of nitrogens with zero attached hydrogens (tertiary/aromatic N) is 2. The molecule has 0 saturated carbocycles. The molecule has 2 aromatic carbocycles. The van der Waals surface area contributed by atoms with Gasteiger partial charge in [-0.1, -0.05) is 18.2 Å². The molecule has 1 amide bonds. The number of para-hydroxylation sites is 1. The van der Waals surface area contributed by atoms with Crippen LogP contribution in [-0.2, 0) is 11.2 Å². The van der Waals surface area contributed by atoms with Crippen molar-refractivity contribution in [1.29, 1.82) is 0 Å². The summed E-state index contributed by atoms with van der Waals surface area (Å²) in [5.74, 6) is 2.36. The number of methoxy groups -OCH3 is 3. The van der Waals surface area contributed by atoms with Crippen molar-refractivity contribution in [3.8, 4) is 17.2 Å². The number of fused-ring (bicyclic) bond motifs is 1. The van der Waals surface area contributed by atoms with Crippen molar-refractivity contribution in [2.24, 2.45) is 0 Å². The van der Waals surface area contributed by atoms with Gasteiger partial charge in [-0.3, -0.25) is 9.78 Å². The van der Waals surface area contributed by atoms with Crippen LogP contribution in [0.2, 0.25) is 0 Å². The smallest absolute Gasteiger partial charge is 0.227 e. The molecule has 7 heteroatoms. The molecule has 1 aromatic heterocycles. The van der Waals surface area contributed by atoms with Crippen LogP contribution in [0, 0.1) is 0 Å². The van der Waals surface area contributed by atoms with Crippen LogP contribution in [0.1, 0.15) is 30.0 Å². The summed E-state index contributed by atoms with van der Waals surface area (Å²) in [7, 11) is 4.85. The van der Waals surface area contributed by atoms with E-state index in [1.807, 2.05) is 47.4 Å². The first kappa shape index (κ1) is 21.7. The maximum Gasteiger partial charge on any atom is 0.227 e. The number of carbonyl (C=O) groups excluding carboxylic acids is 1. The van der Waals surface area contributed by atoms with Gasteiger partial charge >= 0.3 is 0 Å². The number of piperidine rings is 1. The van der Waals surface area contributed by atoms with E-state index in [1.165, 1.54) is 0 Å². The van der Waals surface area contributed by atoms with E-state index in [0.717, 1.165) is 40.8 Å². The van der Waals surface area contributed by atoms with Crippen molar-refractivity contribution in [2.75, 3.05) is 40.2 Å². The number of amides is 1. The summed E-state index contributed by atoms with van der Waals surface area (Å²) in [4.78, 5) is 19.6. The number of hydrogen-bond donors (Lipinski definition) is 1. The maximum absolute atomic E-state index is 12.9. The molecule has 1 aliphatic heterocycles. The van der Waals surface area contributed by atoms with E-state index in [1.54, 1.807) is 21.3 Å². The lowest BCUT2D eigenvalue weighted by molar-refractivity contribution is -0.131. The van der Waals surface area contributed by atoms with Gasteiger partial charge in [0.15, 0.2) is 11.5 Å². The molecular formula is C25H29N3O4. The fourth-order valence-corrected chi connectivity index (χ4v) is 4.39. The number of anilines is 1. The van der Waals surface area contributed by atoms with Crippen LogP contribution in [0.5, 0.6) is 17.2 Å². The monoisotopic (exact) mass is 435 g/mol. The predicted octanol–water partition coefficient (Wildman–Crippen LogP) is 3.79. The fourth-order valence-electron chi connectivity index (χ4n) is 4.39. The Morgan fingerprint density at radius 3 is 2.34 bits per heavy atom. The molecule has 1 fully saturated rings. The second-order valence-corrected chi connectivity index (χ2v) is 8.01. The standard InChI is InChI=1S/C25H29N3O4/c1-30-21-7-5-4-6-17(21)14-24(29)28-10-8-16(9-11-28)25-19(26)12-18-13-22(31-2)23(32-3)15-20(18)27-25/h4-7,12-13,15-16H,8-11,14,26H2,1-3H3. The van der Waals surface area contributed by atoms with Gasteiger partial charge in [-0.05, 0) is 31.0 Å². The van der Waals surface area contributed by atoms with Gasteiger partial charge in [-0.25, -0.2) is 0 Å². The van der Waals surface area contributed by atoms with Crippen molar-refractivity contribution in [1.82, 2.24) is 9.88 Å². The number of nitrogen functional groups attached to an aromatic ring is 1. The molecule has 0 aliphatic carbocycles. The van der Waals surface area contributed by atoms with Gasteiger partial charge in [0.05, 0.1) is 44.6 Å². The van der Waals surface area contributed by atoms with E-state index in [0.29, 0.717) is 36.7 Å². The van der Waals surface area contributed by atoms with Gasteiger partial charge in [0.2, 0.25) is 5.91 Å². The molecule has 32 heavy (non-hydrogen) atoms. The number of aromatic nitrogens is 1. The zero-order valence-corrected chi connectivity index (χ0v) is 18.8. The molecule has 0 spiro atoms. The maximum atomic E-state index is 12.9. The first-order chi connectivity index (χ1) is 15.5. The molecule has 0 radical (unpaired) electrons. The van der Waals surface area contributed by atoms with Crippen molar-refractivity contribution in [3.63, 3.8) is 0 Å². The predicted molar refractivity (Wildman–Crippen MR) is 125 cm³/mol. The van der Waals surface area contributed by atoms with Gasteiger partial charge in [0.25, 0.3) is 0 Å². The third-order valence-electron chi connectivity index (χ3n) is 6.15. The van der Waals surface area contributed by atoms with Crippen LogP contribution in [0.25, 0.3) is 10.9 Å². The Morgan fingerprint density at radius 2 is 1.66 bits per heavy atom. The minimum absolute atomic E-state index is 0.115. The van der Waals surface area contributed by atoms with Crippen LogP contribution in [0.4, 0.5) is 5.69 Å². The molecule has 2 heterocycles. The van der Waals surface area contributed by atoms with Gasteiger partial charge < -0.3 is 24.8 Å². The molecule has 4 rings (SSSR count). The second kappa shape index (κ2) is 9.34. The van der Waals surface area contributed by atoms with Crippen molar-refractivity contribution in [3.05, 3.63) is 53.7 Å². The van der Waals surface area contributed by atoms with E-state index in [2.05, 4.69) is 0 Å². The first-order valence-electron chi connectivity index (χ1n) is 10.8. The number of hydrogen-bond acceptors (Lipinski definition) is 6. The van der Waals surface area contributed by atoms with Gasteiger partial charge in [-0.2, -0.15) is 0 Å². The molecule has 168 valence electrons. The SMILES string of the molecule is COc1ccccc1CC(=O)N1CCC(c2nc3cc(OC)c(OC)cc3cc2N)CC1. The third-order valence-corrected chi connectivity index (χ3v) is 6.15. The quantitative estimate of drug-likeness (QED) is 0.634. The fraction of sp³-hybridized carbons (Fsp3) is 0.360. The summed E-state index contributed by atoms with van der Waals surface area (Å²) in [6.07, 6.45) is 1.99. The summed E-state index contributed by atoms with van der Waals surface area (Å²) in [6, 6.07) is 13.4. The van der Waals surface area contributed by atoms with Crippen LogP contribution in [0.15, 0.2) is 42.5 Å². The van der Waals surface area contributed by atoms with Gasteiger partial charge in [0, 0.05) is 36.0 Å². The molecule has 2 N–H and O–H groups in total. The van der Waals surface area contributed by atoms with E-state index in [4.69, 9.17) is 24.9 Å². The summed E-state index contributed by atoms with van der Waals surface area (Å²) < 4.78 is 16.2. The third kappa shape index (κ3) is 4.28. The highest BCUT2D eigenvalue weighted by Crippen LogP contribution is 2.36. The average molecular weight is 436 g/mol. The Balaban J connectivity index is 1.47. The first-order valence-corrected chi connectivity index (χ1v) is 10.8. The Morgan fingerprint density at radius 1 is 1.00 bits per heavy atom.